The van der Waals surface area contributed by atoms with Crippen molar-refractivity contribution in [2.75, 3.05) is 32.1 Å². The number of rotatable bonds is 5. The van der Waals surface area contributed by atoms with Crippen molar-refractivity contribution in [2.24, 2.45) is 0 Å². The van der Waals surface area contributed by atoms with Gasteiger partial charge in [0.2, 0.25) is 0 Å². The van der Waals surface area contributed by atoms with Crippen LogP contribution >= 0.6 is 11.8 Å². The zero-order valence-corrected chi connectivity index (χ0v) is 15.1. The number of likely N-dealkylation sites (tertiary alicyclic amines) is 1. The number of hydrogen-bond donors (Lipinski definition) is 1. The molecule has 1 amide bonds. The fraction of sp³-hybridized carbons (Fsp3) is 0.368. The summed E-state index contributed by atoms with van der Waals surface area (Å²) in [6.45, 7) is 2.68. The maximum Gasteiger partial charge on any atom is 0.270 e. The van der Waals surface area contributed by atoms with Crippen LogP contribution in [0.4, 0.5) is 0 Å². The van der Waals surface area contributed by atoms with Gasteiger partial charge in [-0.05, 0) is 37.1 Å². The molecule has 0 radical (unpaired) electrons. The average Bonchev–Trinajstić information content (AvgIpc) is 3.37. The van der Waals surface area contributed by atoms with Gasteiger partial charge >= 0.3 is 0 Å². The van der Waals surface area contributed by atoms with Gasteiger partial charge in [0, 0.05) is 29.7 Å². The number of aromatic amines is 1. The monoisotopic (exact) mass is 372 g/mol. The highest BCUT2D eigenvalue weighted by Gasteiger charge is 2.22. The van der Waals surface area contributed by atoms with Gasteiger partial charge in [-0.3, -0.25) is 9.59 Å². The summed E-state index contributed by atoms with van der Waals surface area (Å²) in [4.78, 5) is 30.5. The molecule has 7 heteroatoms. The summed E-state index contributed by atoms with van der Waals surface area (Å²) in [6, 6.07) is 7.34. The van der Waals surface area contributed by atoms with Crippen molar-refractivity contribution in [3.8, 4) is 11.5 Å². The van der Waals surface area contributed by atoms with Crippen molar-refractivity contribution in [3.05, 3.63) is 41.7 Å². The number of nitrogens with one attached hydrogen (secondary N) is 1. The Morgan fingerprint density at radius 3 is 2.65 bits per heavy atom. The molecule has 6 nitrogen and oxygen atoms in total. The summed E-state index contributed by atoms with van der Waals surface area (Å²) in [5.74, 6) is 1.72. The molecule has 1 fully saturated rings. The Hall–Kier alpha value is -2.41. The Morgan fingerprint density at radius 1 is 1.08 bits per heavy atom. The molecular weight excluding hydrogens is 352 g/mol. The highest BCUT2D eigenvalue weighted by Crippen LogP contribution is 2.34. The minimum absolute atomic E-state index is 0.0124. The van der Waals surface area contributed by atoms with E-state index in [1.807, 2.05) is 23.1 Å². The van der Waals surface area contributed by atoms with Crippen LogP contribution in [0, 0.1) is 0 Å². The van der Waals surface area contributed by atoms with Gasteiger partial charge in [0.1, 0.15) is 18.9 Å². The average molecular weight is 372 g/mol. The quantitative estimate of drug-likeness (QED) is 0.645. The summed E-state index contributed by atoms with van der Waals surface area (Å²) < 4.78 is 11.1. The molecule has 4 rings (SSSR count). The van der Waals surface area contributed by atoms with Gasteiger partial charge in [-0.2, -0.15) is 0 Å². The maximum absolute atomic E-state index is 12.4. The number of nitrogens with zero attached hydrogens (tertiary/aromatic N) is 1. The molecule has 0 spiro atoms. The van der Waals surface area contributed by atoms with Crippen LogP contribution in [0.15, 0.2) is 35.4 Å². The Kier molecular flexibility index (Phi) is 4.88. The van der Waals surface area contributed by atoms with E-state index < -0.39 is 0 Å². The molecule has 0 atom stereocenters. The third-order valence-corrected chi connectivity index (χ3v) is 5.51. The molecule has 2 aliphatic rings. The van der Waals surface area contributed by atoms with Gasteiger partial charge in [0.25, 0.3) is 5.91 Å². The summed E-state index contributed by atoms with van der Waals surface area (Å²) >= 11 is 1.44. The first-order valence-electron chi connectivity index (χ1n) is 8.74. The van der Waals surface area contributed by atoms with Crippen LogP contribution in [0.1, 0.15) is 33.7 Å². The van der Waals surface area contributed by atoms with Gasteiger partial charge in [-0.1, -0.05) is 0 Å². The predicted octanol–water partition coefficient (Wildman–Crippen LogP) is 3.00. The van der Waals surface area contributed by atoms with Crippen LogP contribution < -0.4 is 9.47 Å². The number of benzene rings is 1. The first kappa shape index (κ1) is 17.0. The molecule has 1 saturated heterocycles. The van der Waals surface area contributed by atoms with E-state index in [0.717, 1.165) is 36.6 Å². The molecule has 0 aliphatic carbocycles. The highest BCUT2D eigenvalue weighted by molar-refractivity contribution is 8.00. The van der Waals surface area contributed by atoms with Crippen LogP contribution in [-0.4, -0.2) is 53.6 Å². The van der Waals surface area contributed by atoms with E-state index in [1.165, 1.54) is 11.8 Å². The zero-order valence-electron chi connectivity index (χ0n) is 14.3. The van der Waals surface area contributed by atoms with Crippen LogP contribution in [-0.2, 0) is 0 Å². The Bertz CT molecular complexity index is 827. The lowest BCUT2D eigenvalue weighted by Gasteiger charge is -2.18. The Morgan fingerprint density at radius 2 is 1.85 bits per heavy atom. The number of H-pyrrole nitrogens is 1. The zero-order chi connectivity index (χ0) is 17.9. The van der Waals surface area contributed by atoms with Gasteiger partial charge in [0.15, 0.2) is 17.3 Å². The third-order valence-electron chi connectivity index (χ3n) is 4.51. The van der Waals surface area contributed by atoms with E-state index in [4.69, 9.17) is 9.47 Å². The number of aromatic nitrogens is 1. The molecule has 0 saturated carbocycles. The second-order valence-electron chi connectivity index (χ2n) is 6.32. The van der Waals surface area contributed by atoms with Gasteiger partial charge in [-0.15, -0.1) is 11.8 Å². The number of ketones is 1. The number of carbonyl (C=O) groups is 2. The minimum atomic E-state index is -0.0268. The van der Waals surface area contributed by atoms with E-state index in [1.54, 1.807) is 12.3 Å². The summed E-state index contributed by atoms with van der Waals surface area (Å²) in [5, 5.41) is 0. The first-order valence-corrected chi connectivity index (χ1v) is 9.72. The molecule has 2 aliphatic heterocycles. The highest BCUT2D eigenvalue weighted by atomic mass is 32.2. The second-order valence-corrected chi connectivity index (χ2v) is 7.37. The van der Waals surface area contributed by atoms with Crippen molar-refractivity contribution in [1.82, 2.24) is 9.88 Å². The topological polar surface area (TPSA) is 71.6 Å². The van der Waals surface area contributed by atoms with Gasteiger partial charge < -0.3 is 19.4 Å². The van der Waals surface area contributed by atoms with Crippen molar-refractivity contribution >= 4 is 23.5 Å². The lowest BCUT2D eigenvalue weighted by Crippen LogP contribution is -2.27. The number of fused-ring (bicyclic) bond motifs is 1. The van der Waals surface area contributed by atoms with Crippen molar-refractivity contribution in [1.29, 1.82) is 0 Å². The minimum Gasteiger partial charge on any atom is -0.486 e. The number of carbonyl (C=O) groups excluding carboxylic acids is 2. The smallest absolute Gasteiger partial charge is 0.270 e. The standard InChI is InChI=1S/C19H20N2O4S/c22-16(12-26-14-3-4-17-18(10-14)25-8-7-24-17)13-9-15(20-11-13)19(23)21-5-1-2-6-21/h3-4,9-11,20H,1-2,5-8,12H2. The Labute approximate surface area is 155 Å². The van der Waals surface area contributed by atoms with E-state index in [9.17, 15) is 9.59 Å². The number of hydrogen-bond acceptors (Lipinski definition) is 5. The molecular formula is C19H20N2O4S. The summed E-state index contributed by atoms with van der Waals surface area (Å²) in [5.41, 5.74) is 1.03. The molecule has 1 aromatic heterocycles. The predicted molar refractivity (Wildman–Crippen MR) is 98.4 cm³/mol. The van der Waals surface area contributed by atoms with Crippen molar-refractivity contribution < 1.29 is 19.1 Å². The van der Waals surface area contributed by atoms with Crippen molar-refractivity contribution in [2.45, 2.75) is 17.7 Å². The van der Waals surface area contributed by atoms with E-state index in [2.05, 4.69) is 4.98 Å². The molecule has 136 valence electrons. The van der Waals surface area contributed by atoms with Crippen molar-refractivity contribution in [3.63, 3.8) is 0 Å². The van der Waals surface area contributed by atoms with Crippen LogP contribution in [0.5, 0.6) is 11.5 Å². The summed E-state index contributed by atoms with van der Waals surface area (Å²) in [7, 11) is 0. The normalized spacial score (nSPS) is 15.9. The fourth-order valence-electron chi connectivity index (χ4n) is 3.12. The molecule has 3 heterocycles. The molecule has 1 aromatic carbocycles. The van der Waals surface area contributed by atoms with Crippen LogP contribution in [0.25, 0.3) is 0 Å². The van der Waals surface area contributed by atoms with E-state index in [-0.39, 0.29) is 11.7 Å². The second kappa shape index (κ2) is 7.45. The van der Waals surface area contributed by atoms with Gasteiger partial charge in [0.05, 0.1) is 5.75 Å². The largest absolute Gasteiger partial charge is 0.486 e. The number of ether oxygens (including phenoxy) is 2. The first-order chi connectivity index (χ1) is 12.7. The fourth-order valence-corrected chi connectivity index (χ4v) is 3.93. The molecule has 0 unspecified atom stereocenters. The molecule has 1 N–H and O–H groups in total. The van der Waals surface area contributed by atoms with E-state index in [0.29, 0.717) is 36.0 Å². The number of amides is 1. The van der Waals surface area contributed by atoms with Gasteiger partial charge in [-0.25, -0.2) is 0 Å². The Balaban J connectivity index is 1.37. The SMILES string of the molecule is O=C(CSc1ccc2c(c1)OCCO2)c1c[nH]c(C(=O)N2CCCC2)c1. The number of Topliss-reactive ketones (excluding diaryl/α,β-unsaturated/α-hetero) is 1. The lowest BCUT2D eigenvalue weighted by molar-refractivity contribution is 0.0787. The van der Waals surface area contributed by atoms with Crippen LogP contribution in [0.2, 0.25) is 0 Å². The van der Waals surface area contributed by atoms with E-state index >= 15 is 0 Å². The lowest BCUT2D eigenvalue weighted by atomic mass is 10.2. The van der Waals surface area contributed by atoms with Crippen LogP contribution in [0.3, 0.4) is 0 Å². The molecule has 26 heavy (non-hydrogen) atoms. The number of thioether (sulfide) groups is 1. The molecule has 2 aromatic rings. The molecule has 0 bridgehead atoms. The summed E-state index contributed by atoms with van der Waals surface area (Å²) in [6.07, 6.45) is 3.71. The third kappa shape index (κ3) is 3.58. The maximum atomic E-state index is 12.4.